The summed E-state index contributed by atoms with van der Waals surface area (Å²) in [4.78, 5) is 28.1. The quantitative estimate of drug-likeness (QED) is 0.638. The van der Waals surface area contributed by atoms with Crippen LogP contribution in [0.5, 0.6) is 0 Å². The van der Waals surface area contributed by atoms with Crippen LogP contribution in [0.4, 0.5) is 0 Å². The molecule has 2 aromatic rings. The first-order valence-corrected chi connectivity index (χ1v) is 7.62. The molecule has 3 rings (SSSR count). The van der Waals surface area contributed by atoms with Crippen molar-refractivity contribution in [3.8, 4) is 10.6 Å². The number of ketones is 1. The number of benzene rings is 1. The number of hydrogen-bond acceptors (Lipinski definition) is 5. The van der Waals surface area contributed by atoms with Gasteiger partial charge in [-0.1, -0.05) is 18.2 Å². The minimum absolute atomic E-state index is 0.113. The van der Waals surface area contributed by atoms with Crippen molar-refractivity contribution >= 4 is 23.1 Å². The minimum Gasteiger partial charge on any atom is -0.464 e. The second-order valence-corrected chi connectivity index (χ2v) is 6.14. The number of aromatic nitrogens is 1. The minimum atomic E-state index is -0.568. The summed E-state index contributed by atoms with van der Waals surface area (Å²) < 4.78 is 4.70. The molecule has 5 heteroatoms. The lowest BCUT2D eigenvalue weighted by Gasteiger charge is -2.00. The first kappa shape index (κ1) is 13.9. The molecule has 0 saturated heterocycles. The maximum atomic E-state index is 11.7. The lowest BCUT2D eigenvalue weighted by molar-refractivity contribution is 0.0591. The lowest BCUT2D eigenvalue weighted by atomic mass is 10.1. The third-order valence-electron chi connectivity index (χ3n) is 3.51. The van der Waals surface area contributed by atoms with E-state index in [9.17, 15) is 9.59 Å². The van der Waals surface area contributed by atoms with E-state index in [-0.39, 0.29) is 11.5 Å². The van der Waals surface area contributed by atoms with Gasteiger partial charge in [0.05, 0.1) is 7.11 Å². The van der Waals surface area contributed by atoms with Crippen LogP contribution >= 0.6 is 11.3 Å². The summed E-state index contributed by atoms with van der Waals surface area (Å²) in [5, 5.41) is 0.683. The van der Waals surface area contributed by atoms with Crippen LogP contribution in [0.3, 0.4) is 0 Å². The maximum Gasteiger partial charge on any atom is 0.358 e. The van der Waals surface area contributed by atoms with E-state index in [0.29, 0.717) is 15.8 Å². The van der Waals surface area contributed by atoms with Gasteiger partial charge in [-0.05, 0) is 30.4 Å². The van der Waals surface area contributed by atoms with E-state index in [1.54, 1.807) is 0 Å². The average molecular weight is 301 g/mol. The van der Waals surface area contributed by atoms with Crippen molar-refractivity contribution in [1.82, 2.24) is 4.98 Å². The highest BCUT2D eigenvalue weighted by atomic mass is 32.1. The molecule has 1 aliphatic carbocycles. The molecule has 0 radical (unpaired) electrons. The molecule has 0 atom stereocenters. The Labute approximate surface area is 126 Å². The van der Waals surface area contributed by atoms with Crippen molar-refractivity contribution in [2.45, 2.75) is 25.7 Å². The fraction of sp³-hybridized carbons (Fsp3) is 0.312. The number of Topliss-reactive ketones (excluding diaryl/α,β-unsaturated/α-hetero) is 1. The fourth-order valence-electron chi connectivity index (χ4n) is 2.26. The second-order valence-electron chi connectivity index (χ2n) is 5.14. The molecule has 1 heterocycles. The van der Waals surface area contributed by atoms with E-state index in [1.165, 1.54) is 43.8 Å². The summed E-state index contributed by atoms with van der Waals surface area (Å²) in [7, 11) is 1.29. The summed E-state index contributed by atoms with van der Waals surface area (Å²) in [6.07, 6.45) is 2.46. The number of ether oxygens (including phenoxy) is 1. The van der Waals surface area contributed by atoms with Crippen LogP contribution in [0.1, 0.15) is 51.4 Å². The standard InChI is InChI=1S/C16H15NO3S/c1-9(18)14-13(16(19)20-2)17-15(21-14)12-5-3-4-11(8-12)10-6-7-10/h3-5,8,10H,6-7H2,1-2H3. The molecular formula is C16H15NO3S. The van der Waals surface area contributed by atoms with E-state index in [1.807, 2.05) is 12.1 Å². The van der Waals surface area contributed by atoms with Crippen LogP contribution in [-0.2, 0) is 4.74 Å². The van der Waals surface area contributed by atoms with Crippen LogP contribution in [0.2, 0.25) is 0 Å². The van der Waals surface area contributed by atoms with Crippen molar-refractivity contribution < 1.29 is 14.3 Å². The third kappa shape index (κ3) is 2.74. The smallest absolute Gasteiger partial charge is 0.358 e. The van der Waals surface area contributed by atoms with Gasteiger partial charge >= 0.3 is 5.97 Å². The Morgan fingerprint density at radius 3 is 2.71 bits per heavy atom. The first-order chi connectivity index (χ1) is 10.1. The Balaban J connectivity index is 2.04. The van der Waals surface area contributed by atoms with Gasteiger partial charge in [0.2, 0.25) is 0 Å². The van der Waals surface area contributed by atoms with Gasteiger partial charge < -0.3 is 4.74 Å². The van der Waals surface area contributed by atoms with Gasteiger partial charge in [-0.25, -0.2) is 9.78 Å². The van der Waals surface area contributed by atoms with Crippen molar-refractivity contribution in [3.05, 3.63) is 40.4 Å². The van der Waals surface area contributed by atoms with Crippen LogP contribution in [0.25, 0.3) is 10.6 Å². The highest BCUT2D eigenvalue weighted by molar-refractivity contribution is 7.17. The summed E-state index contributed by atoms with van der Waals surface area (Å²) >= 11 is 1.24. The van der Waals surface area contributed by atoms with E-state index in [0.717, 1.165) is 5.56 Å². The number of hydrogen-bond donors (Lipinski definition) is 0. The predicted molar refractivity (Wildman–Crippen MR) is 80.9 cm³/mol. The molecule has 1 aromatic carbocycles. The van der Waals surface area contributed by atoms with Gasteiger partial charge in [0.15, 0.2) is 11.5 Å². The Kier molecular flexibility index (Phi) is 3.59. The van der Waals surface area contributed by atoms with Crippen LogP contribution in [0.15, 0.2) is 24.3 Å². The number of esters is 1. The zero-order valence-corrected chi connectivity index (χ0v) is 12.7. The van der Waals surface area contributed by atoms with E-state index >= 15 is 0 Å². The molecule has 1 aromatic heterocycles. The molecule has 0 spiro atoms. The largest absolute Gasteiger partial charge is 0.464 e. The highest BCUT2D eigenvalue weighted by Gasteiger charge is 2.25. The summed E-state index contributed by atoms with van der Waals surface area (Å²) in [5.41, 5.74) is 2.36. The summed E-state index contributed by atoms with van der Waals surface area (Å²) in [6.45, 7) is 1.43. The molecule has 21 heavy (non-hydrogen) atoms. The normalized spacial score (nSPS) is 14.0. The van der Waals surface area contributed by atoms with Crippen molar-refractivity contribution in [2.24, 2.45) is 0 Å². The second kappa shape index (κ2) is 5.41. The molecule has 0 bridgehead atoms. The van der Waals surface area contributed by atoms with Crippen LogP contribution < -0.4 is 0 Å². The van der Waals surface area contributed by atoms with Crippen molar-refractivity contribution in [1.29, 1.82) is 0 Å². The number of methoxy groups -OCH3 is 1. The number of carbonyl (C=O) groups is 2. The first-order valence-electron chi connectivity index (χ1n) is 6.80. The van der Waals surface area contributed by atoms with E-state index in [4.69, 9.17) is 4.74 Å². The molecule has 1 aliphatic rings. The fourth-order valence-corrected chi connectivity index (χ4v) is 3.20. The number of nitrogens with zero attached hydrogens (tertiary/aromatic N) is 1. The summed E-state index contributed by atoms with van der Waals surface area (Å²) in [6, 6.07) is 8.16. The van der Waals surface area contributed by atoms with Gasteiger partial charge in [-0.3, -0.25) is 4.79 Å². The van der Waals surface area contributed by atoms with Crippen molar-refractivity contribution in [3.63, 3.8) is 0 Å². The number of carbonyl (C=O) groups excluding carboxylic acids is 2. The maximum absolute atomic E-state index is 11.7. The number of rotatable bonds is 4. The van der Waals surface area contributed by atoms with Crippen molar-refractivity contribution in [2.75, 3.05) is 7.11 Å². The van der Waals surface area contributed by atoms with Gasteiger partial charge in [0, 0.05) is 12.5 Å². The molecule has 108 valence electrons. The van der Waals surface area contributed by atoms with Gasteiger partial charge in [-0.15, -0.1) is 11.3 Å². The third-order valence-corrected chi connectivity index (χ3v) is 4.71. The Hall–Kier alpha value is -2.01. The Morgan fingerprint density at radius 1 is 1.33 bits per heavy atom. The predicted octanol–water partition coefficient (Wildman–Crippen LogP) is 3.68. The summed E-state index contributed by atoms with van der Waals surface area (Å²) in [5.74, 6) is -0.0872. The monoisotopic (exact) mass is 301 g/mol. The molecule has 0 unspecified atom stereocenters. The Morgan fingerprint density at radius 2 is 2.10 bits per heavy atom. The molecular weight excluding hydrogens is 286 g/mol. The molecule has 1 saturated carbocycles. The van der Waals surface area contributed by atoms with Gasteiger partial charge in [0.25, 0.3) is 0 Å². The van der Waals surface area contributed by atoms with Gasteiger partial charge in [0.1, 0.15) is 9.88 Å². The zero-order chi connectivity index (χ0) is 15.0. The molecule has 4 nitrogen and oxygen atoms in total. The topological polar surface area (TPSA) is 56.3 Å². The molecule has 0 amide bonds. The van der Waals surface area contributed by atoms with Gasteiger partial charge in [-0.2, -0.15) is 0 Å². The molecule has 0 aliphatic heterocycles. The average Bonchev–Trinajstić information content (AvgIpc) is 3.24. The molecule has 1 fully saturated rings. The highest BCUT2D eigenvalue weighted by Crippen LogP contribution is 2.41. The Bertz CT molecular complexity index is 716. The SMILES string of the molecule is COC(=O)c1nc(-c2cccc(C3CC3)c2)sc1C(C)=O. The van der Waals surface area contributed by atoms with E-state index in [2.05, 4.69) is 17.1 Å². The van der Waals surface area contributed by atoms with Crippen LogP contribution in [0, 0.1) is 0 Å². The zero-order valence-electron chi connectivity index (χ0n) is 11.9. The lowest BCUT2D eigenvalue weighted by Crippen LogP contribution is -2.06. The van der Waals surface area contributed by atoms with E-state index < -0.39 is 5.97 Å². The molecule has 0 N–H and O–H groups in total. The van der Waals surface area contributed by atoms with Crippen LogP contribution in [-0.4, -0.2) is 23.8 Å². The number of thiazole rings is 1.